The Kier molecular flexibility index (Phi) is 8.90. The highest BCUT2D eigenvalue weighted by Gasteiger charge is 2.40. The summed E-state index contributed by atoms with van der Waals surface area (Å²) in [5.74, 6) is -0.186. The van der Waals surface area contributed by atoms with E-state index in [0.29, 0.717) is 17.9 Å². The lowest BCUT2D eigenvalue weighted by Gasteiger charge is -2.36. The minimum atomic E-state index is -0.649. The molecule has 0 aliphatic heterocycles. The van der Waals surface area contributed by atoms with Crippen LogP contribution in [0.25, 0.3) is 0 Å². The summed E-state index contributed by atoms with van der Waals surface area (Å²) in [5, 5.41) is 3.99. The second-order valence-electron chi connectivity index (χ2n) is 7.93. The number of carbonyl (C=O) groups is 1. The number of rotatable bonds is 6. The quantitative estimate of drug-likeness (QED) is 0.377. The third-order valence-corrected chi connectivity index (χ3v) is 6.03. The number of hydrogen-bond donors (Lipinski definition) is 1. The molecule has 0 amide bonds. The molecule has 0 bridgehead atoms. The van der Waals surface area contributed by atoms with E-state index in [-0.39, 0.29) is 24.3 Å². The second kappa shape index (κ2) is 11.2. The van der Waals surface area contributed by atoms with E-state index in [9.17, 15) is 4.79 Å². The van der Waals surface area contributed by atoms with Crippen LogP contribution in [0, 0.1) is 11.3 Å². The molecule has 0 saturated heterocycles. The van der Waals surface area contributed by atoms with Crippen LogP contribution in [0.15, 0.2) is 88.0 Å². The number of aliphatic imine (C=N–C) groups is 1. The molecule has 0 spiro atoms. The van der Waals surface area contributed by atoms with Gasteiger partial charge in [-0.1, -0.05) is 48.0 Å². The number of hydrogen-bond acceptors (Lipinski definition) is 4. The molecule has 1 aliphatic rings. The van der Waals surface area contributed by atoms with Gasteiger partial charge >= 0.3 is 5.97 Å². The number of benzene rings is 2. The van der Waals surface area contributed by atoms with Gasteiger partial charge in [0.05, 0.1) is 18.2 Å². The van der Waals surface area contributed by atoms with Crippen molar-refractivity contribution in [1.82, 2.24) is 0 Å². The maximum absolute atomic E-state index is 12.4. The predicted molar refractivity (Wildman–Crippen MR) is 131 cm³/mol. The van der Waals surface area contributed by atoms with Gasteiger partial charge in [-0.15, -0.1) is 12.4 Å². The van der Waals surface area contributed by atoms with Gasteiger partial charge in [-0.05, 0) is 68.0 Å². The number of esters is 1. The van der Waals surface area contributed by atoms with Crippen LogP contribution in [0.5, 0.6) is 0 Å². The summed E-state index contributed by atoms with van der Waals surface area (Å²) in [5.41, 5.74) is 3.04. The minimum Gasteiger partial charge on any atom is -0.469 e. The molecule has 2 aromatic rings. The van der Waals surface area contributed by atoms with Crippen molar-refractivity contribution in [2.24, 2.45) is 16.3 Å². The lowest BCUT2D eigenvalue weighted by atomic mass is 9.70. The van der Waals surface area contributed by atoms with Crippen molar-refractivity contribution < 1.29 is 9.53 Å². The van der Waals surface area contributed by atoms with Gasteiger partial charge < -0.3 is 10.1 Å². The van der Waals surface area contributed by atoms with E-state index in [1.54, 1.807) is 0 Å². The highest BCUT2D eigenvalue weighted by molar-refractivity contribution is 6.33. The monoisotopic (exact) mass is 458 g/mol. The number of halogens is 2. The molecule has 31 heavy (non-hydrogen) atoms. The van der Waals surface area contributed by atoms with Crippen LogP contribution >= 0.6 is 24.0 Å². The Bertz CT molecular complexity index is 968. The molecule has 0 fully saturated rings. The molecule has 0 saturated carbocycles. The van der Waals surface area contributed by atoms with Gasteiger partial charge in [0.15, 0.2) is 0 Å². The summed E-state index contributed by atoms with van der Waals surface area (Å²) in [6, 6.07) is 19.6. The van der Waals surface area contributed by atoms with Crippen LogP contribution in [-0.4, -0.2) is 19.3 Å². The first-order valence-corrected chi connectivity index (χ1v) is 10.4. The van der Waals surface area contributed by atoms with Crippen molar-refractivity contribution in [1.29, 1.82) is 0 Å². The molecule has 0 aromatic heterocycles. The molecule has 164 valence electrons. The number of anilines is 1. The molecule has 0 radical (unpaired) electrons. The Morgan fingerprint density at radius 3 is 2.32 bits per heavy atom. The third kappa shape index (κ3) is 6.22. The van der Waals surface area contributed by atoms with Crippen LogP contribution in [-0.2, 0) is 9.53 Å². The van der Waals surface area contributed by atoms with E-state index < -0.39 is 5.41 Å². The van der Waals surface area contributed by atoms with Gasteiger partial charge in [-0.3, -0.25) is 9.79 Å². The van der Waals surface area contributed by atoms with Gasteiger partial charge in [-0.2, -0.15) is 0 Å². The fourth-order valence-corrected chi connectivity index (χ4v) is 3.79. The normalized spacial score (nSPS) is 18.1. The maximum Gasteiger partial charge on any atom is 0.311 e. The summed E-state index contributed by atoms with van der Waals surface area (Å²) in [6.45, 7) is 3.86. The summed E-state index contributed by atoms with van der Waals surface area (Å²) in [7, 11) is 1.43. The van der Waals surface area contributed by atoms with Gasteiger partial charge in [-0.25, -0.2) is 0 Å². The fraction of sp³-hybridized carbons (Fsp3) is 0.280. The van der Waals surface area contributed by atoms with Crippen molar-refractivity contribution in [3.8, 4) is 0 Å². The lowest BCUT2D eigenvalue weighted by Crippen LogP contribution is -2.36. The Morgan fingerprint density at radius 1 is 1.10 bits per heavy atom. The van der Waals surface area contributed by atoms with Gasteiger partial charge in [0.1, 0.15) is 0 Å². The van der Waals surface area contributed by atoms with Crippen LogP contribution < -0.4 is 5.32 Å². The molecule has 0 heterocycles. The van der Waals surface area contributed by atoms with E-state index in [2.05, 4.69) is 10.3 Å². The molecule has 1 aliphatic carbocycles. The molecule has 2 aromatic carbocycles. The zero-order valence-corrected chi connectivity index (χ0v) is 19.5. The third-order valence-electron chi connectivity index (χ3n) is 5.54. The fourth-order valence-electron chi connectivity index (χ4n) is 3.53. The number of para-hydroxylation sites is 2. The van der Waals surface area contributed by atoms with E-state index in [0.717, 1.165) is 22.5 Å². The number of carbonyl (C=O) groups excluding carboxylic acids is 1. The first kappa shape index (κ1) is 24.7. The van der Waals surface area contributed by atoms with Crippen molar-refractivity contribution in [3.05, 3.63) is 83.0 Å². The van der Waals surface area contributed by atoms with Crippen LogP contribution in [0.3, 0.4) is 0 Å². The zero-order chi connectivity index (χ0) is 21.6. The van der Waals surface area contributed by atoms with Crippen molar-refractivity contribution in [2.75, 3.05) is 12.4 Å². The Balaban J connectivity index is 0.00000341. The second-order valence-corrected chi connectivity index (χ2v) is 8.31. The predicted octanol–water partition coefficient (Wildman–Crippen LogP) is 6.91. The average Bonchev–Trinajstić information content (AvgIpc) is 2.78. The maximum atomic E-state index is 12.4. The molecule has 3 rings (SSSR count). The van der Waals surface area contributed by atoms with Crippen molar-refractivity contribution in [2.45, 2.75) is 26.7 Å². The molecule has 6 heteroatoms. The van der Waals surface area contributed by atoms with E-state index in [1.165, 1.54) is 7.11 Å². The SMILES string of the molecule is COC(=O)C(C)(C)C1CC(=CNc2ccccc2)C(Cl)=C(C=Nc2ccccc2)C1.Cl. The highest BCUT2D eigenvalue weighted by Crippen LogP contribution is 2.44. The lowest BCUT2D eigenvalue weighted by molar-refractivity contribution is -0.154. The Hall–Kier alpha value is -2.56. The molecule has 4 nitrogen and oxygen atoms in total. The van der Waals surface area contributed by atoms with Crippen LogP contribution in [0.2, 0.25) is 0 Å². The number of ether oxygens (including phenoxy) is 1. The topological polar surface area (TPSA) is 50.7 Å². The van der Waals surface area contributed by atoms with Gasteiger partial charge in [0.2, 0.25) is 0 Å². The molecule has 1 unspecified atom stereocenters. The van der Waals surface area contributed by atoms with Crippen molar-refractivity contribution in [3.63, 3.8) is 0 Å². The van der Waals surface area contributed by atoms with Crippen molar-refractivity contribution >= 4 is 47.6 Å². The largest absolute Gasteiger partial charge is 0.469 e. The number of nitrogens with zero attached hydrogens (tertiary/aromatic N) is 1. The first-order chi connectivity index (χ1) is 14.4. The van der Waals surface area contributed by atoms with E-state index in [1.807, 2.05) is 86.9 Å². The number of allylic oxidation sites excluding steroid dienone is 3. The molecular formula is C25H28Cl2N2O2. The summed E-state index contributed by atoms with van der Waals surface area (Å²) in [6.07, 6.45) is 5.06. The van der Waals surface area contributed by atoms with Gasteiger partial charge in [0, 0.05) is 23.1 Å². The summed E-state index contributed by atoms with van der Waals surface area (Å²) < 4.78 is 5.07. The Morgan fingerprint density at radius 2 is 1.71 bits per heavy atom. The molecular weight excluding hydrogens is 431 g/mol. The molecule has 1 atom stereocenters. The first-order valence-electron chi connectivity index (χ1n) is 9.99. The standard InChI is InChI=1S/C25H27ClN2O2.ClH/c1-25(2,24(29)30-3)20-14-18(16-27-21-10-6-4-7-11-21)23(26)19(15-20)17-28-22-12-8-5-9-13-22;/h4-13,16-17,20,27H,14-15H2,1-3H3;1H. The van der Waals surface area contributed by atoms with Crippen LogP contribution in [0.4, 0.5) is 11.4 Å². The smallest absolute Gasteiger partial charge is 0.311 e. The number of methoxy groups -OCH3 is 1. The Labute approximate surface area is 195 Å². The summed E-state index contributed by atoms with van der Waals surface area (Å²) >= 11 is 6.77. The highest BCUT2D eigenvalue weighted by atomic mass is 35.5. The minimum absolute atomic E-state index is 0. The van der Waals surface area contributed by atoms with E-state index in [4.69, 9.17) is 16.3 Å². The van der Waals surface area contributed by atoms with Crippen LogP contribution in [0.1, 0.15) is 26.7 Å². The number of nitrogens with one attached hydrogen (secondary N) is 1. The summed E-state index contributed by atoms with van der Waals surface area (Å²) in [4.78, 5) is 17.0. The molecule has 1 N–H and O–H groups in total. The average molecular weight is 459 g/mol. The zero-order valence-electron chi connectivity index (χ0n) is 18.0. The van der Waals surface area contributed by atoms with Gasteiger partial charge in [0.25, 0.3) is 0 Å². The van der Waals surface area contributed by atoms with E-state index >= 15 is 0 Å².